The third kappa shape index (κ3) is 3.51. The van der Waals surface area contributed by atoms with Crippen LogP contribution < -0.4 is 10.9 Å². The number of nitrogens with zero attached hydrogens (tertiary/aromatic N) is 1. The van der Waals surface area contributed by atoms with Crippen LogP contribution in [0.4, 0.5) is 0 Å². The van der Waals surface area contributed by atoms with E-state index in [4.69, 9.17) is 34.8 Å². The monoisotopic (exact) mass is 595 g/mol. The summed E-state index contributed by atoms with van der Waals surface area (Å²) in [4.78, 5) is 52.8. The number of benzene rings is 3. The molecule has 0 spiro atoms. The summed E-state index contributed by atoms with van der Waals surface area (Å²) in [7, 11) is 0. The van der Waals surface area contributed by atoms with E-state index in [0.29, 0.717) is 27.3 Å². The zero-order chi connectivity index (χ0) is 28.6. The van der Waals surface area contributed by atoms with Crippen LogP contribution in [-0.2, 0) is 24.1 Å². The molecule has 0 saturated carbocycles. The number of rotatable bonds is 4. The van der Waals surface area contributed by atoms with Gasteiger partial charge in [0.1, 0.15) is 15.8 Å². The van der Waals surface area contributed by atoms with Crippen molar-refractivity contribution in [2.75, 3.05) is 0 Å². The first-order valence-electron chi connectivity index (χ1n) is 12.8. The van der Waals surface area contributed by atoms with Crippen LogP contribution in [0.5, 0.6) is 0 Å². The Morgan fingerprint density at radius 3 is 1.57 bits per heavy atom. The summed E-state index contributed by atoms with van der Waals surface area (Å²) in [5.74, 6) is -4.98. The fraction of sp³-hybridized carbons (Fsp3) is 0.267. The van der Waals surface area contributed by atoms with Crippen LogP contribution in [0.25, 0.3) is 0 Å². The van der Waals surface area contributed by atoms with Crippen molar-refractivity contribution in [2.24, 2.45) is 17.8 Å². The standard InChI is InChI=1S/C30H24Cl3N3O4/c1-15(2)24(26(38)35-34-25(37)16-11-13-17(31)14-12-16)36-27(39)22-23(28(36)40)30(33)19-8-4-3-7-18(19)29(22,32)20-9-5-6-10-21(20)30/h3-15,22-24H,1-2H3,(H,34,37)(H,35,38)/t22-,23-,24+,29?,30?/m1/s1. The smallest absolute Gasteiger partial charge is 0.269 e. The van der Waals surface area contributed by atoms with Gasteiger partial charge in [-0.2, -0.15) is 0 Å². The summed E-state index contributed by atoms with van der Waals surface area (Å²) in [6.45, 7) is 3.44. The predicted octanol–water partition coefficient (Wildman–Crippen LogP) is 4.72. The zero-order valence-electron chi connectivity index (χ0n) is 21.5. The van der Waals surface area contributed by atoms with Gasteiger partial charge in [-0.3, -0.25) is 34.9 Å². The lowest BCUT2D eigenvalue weighted by atomic mass is 9.54. The second-order valence-electron chi connectivity index (χ2n) is 10.7. The fourth-order valence-electron chi connectivity index (χ4n) is 6.55. The average Bonchev–Trinajstić information content (AvgIpc) is 3.21. The number of hydrogen-bond donors (Lipinski definition) is 2. The number of hydrogen-bond acceptors (Lipinski definition) is 4. The Labute approximate surface area is 245 Å². The van der Waals surface area contributed by atoms with Crippen LogP contribution in [0, 0.1) is 17.8 Å². The van der Waals surface area contributed by atoms with E-state index < -0.39 is 57.2 Å². The molecule has 1 fully saturated rings. The minimum atomic E-state index is -1.35. The Morgan fingerprint density at radius 2 is 1.18 bits per heavy atom. The first kappa shape index (κ1) is 26.8. The summed E-state index contributed by atoms with van der Waals surface area (Å²) in [5.41, 5.74) is 7.72. The lowest BCUT2D eigenvalue weighted by molar-refractivity contribution is -0.150. The highest BCUT2D eigenvalue weighted by Crippen LogP contribution is 2.69. The van der Waals surface area contributed by atoms with Crippen molar-refractivity contribution in [2.45, 2.75) is 29.6 Å². The minimum Gasteiger partial charge on any atom is -0.274 e. The summed E-state index contributed by atoms with van der Waals surface area (Å²) in [6, 6.07) is 19.6. The highest BCUT2D eigenvalue weighted by Gasteiger charge is 2.73. The highest BCUT2D eigenvalue weighted by molar-refractivity contribution is 6.36. The van der Waals surface area contributed by atoms with Gasteiger partial charge in [0.05, 0.1) is 11.8 Å². The largest absolute Gasteiger partial charge is 0.274 e. The van der Waals surface area contributed by atoms with Crippen molar-refractivity contribution >= 4 is 58.4 Å². The highest BCUT2D eigenvalue weighted by atomic mass is 35.5. The van der Waals surface area contributed by atoms with Gasteiger partial charge >= 0.3 is 0 Å². The molecule has 0 radical (unpaired) electrons. The number of halogens is 3. The molecule has 4 amide bonds. The molecule has 40 heavy (non-hydrogen) atoms. The van der Waals surface area contributed by atoms with Gasteiger partial charge in [-0.1, -0.05) is 74.0 Å². The van der Waals surface area contributed by atoms with Crippen molar-refractivity contribution in [1.82, 2.24) is 15.8 Å². The van der Waals surface area contributed by atoms with Crippen LogP contribution in [0.2, 0.25) is 5.02 Å². The van der Waals surface area contributed by atoms with E-state index in [2.05, 4.69) is 10.9 Å². The predicted molar refractivity (Wildman–Crippen MR) is 151 cm³/mol. The van der Waals surface area contributed by atoms with Gasteiger partial charge in [0.25, 0.3) is 11.8 Å². The Kier molecular flexibility index (Phi) is 6.26. The number of carbonyl (C=O) groups excluding carboxylic acids is 4. The molecule has 0 unspecified atom stereocenters. The molecule has 1 aliphatic heterocycles. The summed E-state index contributed by atoms with van der Waals surface area (Å²) < 4.78 is 0. The molecule has 204 valence electrons. The molecule has 4 aliphatic rings. The maximum Gasteiger partial charge on any atom is 0.269 e. The molecule has 1 heterocycles. The molecule has 1 saturated heterocycles. The first-order chi connectivity index (χ1) is 19.0. The van der Waals surface area contributed by atoms with Gasteiger partial charge in [0, 0.05) is 10.6 Å². The number of imide groups is 1. The average molecular weight is 597 g/mol. The molecule has 2 N–H and O–H groups in total. The van der Waals surface area contributed by atoms with E-state index in [9.17, 15) is 19.2 Å². The Morgan fingerprint density at radius 1 is 0.750 bits per heavy atom. The summed E-state index contributed by atoms with van der Waals surface area (Å²) in [5, 5.41) is 0.459. The summed E-state index contributed by atoms with van der Waals surface area (Å²) >= 11 is 20.8. The Balaban J connectivity index is 1.37. The first-order valence-corrected chi connectivity index (χ1v) is 14.0. The van der Waals surface area contributed by atoms with Gasteiger partial charge in [0.15, 0.2) is 0 Å². The van der Waals surface area contributed by atoms with Crippen molar-refractivity contribution < 1.29 is 19.2 Å². The number of amides is 4. The lowest BCUT2D eigenvalue weighted by Gasteiger charge is -2.54. The quantitative estimate of drug-likeness (QED) is 0.259. The van der Waals surface area contributed by atoms with Crippen LogP contribution in [0.15, 0.2) is 72.8 Å². The van der Waals surface area contributed by atoms with Crippen molar-refractivity contribution in [3.05, 3.63) is 106 Å². The minimum absolute atomic E-state index is 0.269. The van der Waals surface area contributed by atoms with Crippen molar-refractivity contribution in [3.63, 3.8) is 0 Å². The SMILES string of the molecule is CC(C)[C@@H](C(=O)NNC(=O)c1ccc(Cl)cc1)N1C(=O)[C@H]2[C@H](C1=O)C1(Cl)c3ccccc3C2(Cl)c2ccccc21. The Hall–Kier alpha value is -3.39. The van der Waals surface area contributed by atoms with Gasteiger partial charge in [-0.25, -0.2) is 0 Å². The molecule has 3 atom stereocenters. The normalized spacial score (nSPS) is 26.7. The van der Waals surface area contributed by atoms with Gasteiger partial charge < -0.3 is 0 Å². The Bertz CT molecular complexity index is 1470. The second kappa shape index (κ2) is 9.33. The van der Waals surface area contributed by atoms with E-state index in [1.54, 1.807) is 26.0 Å². The van der Waals surface area contributed by atoms with E-state index in [-0.39, 0.29) is 5.56 Å². The van der Waals surface area contributed by atoms with Crippen LogP contribution in [-0.4, -0.2) is 34.6 Å². The molecule has 3 aromatic carbocycles. The molecule has 7 nitrogen and oxygen atoms in total. The number of hydrazine groups is 1. The molecule has 7 rings (SSSR count). The number of nitrogens with one attached hydrogen (secondary N) is 2. The van der Waals surface area contributed by atoms with Crippen LogP contribution in [0.1, 0.15) is 46.5 Å². The van der Waals surface area contributed by atoms with Crippen molar-refractivity contribution in [3.8, 4) is 0 Å². The topological polar surface area (TPSA) is 95.6 Å². The maximum atomic E-state index is 14.2. The molecular formula is C30H24Cl3N3O4. The zero-order valence-corrected chi connectivity index (χ0v) is 23.7. The molecule has 3 aromatic rings. The van der Waals surface area contributed by atoms with Gasteiger partial charge in [0.2, 0.25) is 11.8 Å². The summed E-state index contributed by atoms with van der Waals surface area (Å²) in [6.07, 6.45) is 0. The molecule has 10 heteroatoms. The third-order valence-corrected chi connectivity index (χ3v) is 9.74. The van der Waals surface area contributed by atoms with E-state index >= 15 is 0 Å². The number of carbonyl (C=O) groups is 4. The molecular weight excluding hydrogens is 573 g/mol. The maximum absolute atomic E-state index is 14.2. The van der Waals surface area contributed by atoms with Crippen LogP contribution >= 0.6 is 34.8 Å². The molecule has 3 aliphatic carbocycles. The van der Waals surface area contributed by atoms with E-state index in [1.165, 1.54) is 12.1 Å². The van der Waals surface area contributed by atoms with Crippen molar-refractivity contribution in [1.29, 1.82) is 0 Å². The van der Waals surface area contributed by atoms with Crippen LogP contribution in [0.3, 0.4) is 0 Å². The number of alkyl halides is 2. The molecule has 0 aromatic heterocycles. The fourth-order valence-corrected chi connectivity index (χ4v) is 7.77. The van der Waals surface area contributed by atoms with Gasteiger partial charge in [-0.15, -0.1) is 23.2 Å². The third-order valence-electron chi connectivity index (χ3n) is 8.20. The number of likely N-dealkylation sites (tertiary alicyclic amines) is 1. The van der Waals surface area contributed by atoms with E-state index in [1.807, 2.05) is 48.5 Å². The second-order valence-corrected chi connectivity index (χ2v) is 12.3. The lowest BCUT2D eigenvalue weighted by Crippen LogP contribution is -2.57. The van der Waals surface area contributed by atoms with E-state index in [0.717, 1.165) is 4.90 Å². The van der Waals surface area contributed by atoms with Gasteiger partial charge in [-0.05, 0) is 52.4 Å². The molecule has 2 bridgehead atoms.